The van der Waals surface area contributed by atoms with Gasteiger partial charge in [0.05, 0.1) is 15.6 Å². The van der Waals surface area contributed by atoms with Crippen LogP contribution < -0.4 is 4.90 Å². The van der Waals surface area contributed by atoms with E-state index in [2.05, 4.69) is 52.9 Å². The molecule has 1 aromatic heterocycles. The first-order valence-electron chi connectivity index (χ1n) is 9.95. The molecule has 2 nitrogen and oxygen atoms in total. The number of halogens is 2. The number of hydrogen-bond donors (Lipinski definition) is 0. The smallest absolute Gasteiger partial charge is 0.0595 e. The molecule has 0 spiro atoms. The quantitative estimate of drug-likeness (QED) is 0.441. The Balaban J connectivity index is 1.51. The monoisotopic (exact) mass is 400 g/mol. The Morgan fingerprint density at radius 3 is 2.56 bits per heavy atom. The summed E-state index contributed by atoms with van der Waals surface area (Å²) in [6, 6.07) is 15.1. The van der Waals surface area contributed by atoms with Gasteiger partial charge in [-0.1, -0.05) is 48.7 Å². The lowest BCUT2D eigenvalue weighted by atomic mass is 9.89. The lowest BCUT2D eigenvalue weighted by Crippen LogP contribution is -2.32. The number of hydrogen-bond acceptors (Lipinski definition) is 1. The van der Waals surface area contributed by atoms with Crippen molar-refractivity contribution in [3.63, 3.8) is 0 Å². The summed E-state index contributed by atoms with van der Waals surface area (Å²) < 4.78 is 2.39. The van der Waals surface area contributed by atoms with Crippen molar-refractivity contribution in [1.82, 2.24) is 4.57 Å². The molecule has 0 radical (unpaired) electrons. The average Bonchev–Trinajstić information content (AvgIpc) is 3.12. The zero-order valence-electron chi connectivity index (χ0n) is 15.8. The maximum Gasteiger partial charge on any atom is 0.0595 e. The fourth-order valence-electron chi connectivity index (χ4n) is 4.23. The van der Waals surface area contributed by atoms with Crippen LogP contribution in [0.1, 0.15) is 44.1 Å². The molecule has 3 aromatic rings. The van der Waals surface area contributed by atoms with E-state index >= 15 is 0 Å². The van der Waals surface area contributed by atoms with Gasteiger partial charge in [0.15, 0.2) is 0 Å². The summed E-state index contributed by atoms with van der Waals surface area (Å²) in [6.07, 6.45) is 6.98. The number of piperidine rings is 1. The predicted molar refractivity (Wildman–Crippen MR) is 117 cm³/mol. The Kier molecular flexibility index (Phi) is 5.66. The van der Waals surface area contributed by atoms with Gasteiger partial charge in [-0.2, -0.15) is 0 Å². The normalized spacial score (nSPS) is 15.6. The summed E-state index contributed by atoms with van der Waals surface area (Å²) in [5, 5.41) is 2.67. The van der Waals surface area contributed by atoms with Crippen LogP contribution in [0.25, 0.3) is 10.9 Å². The molecular weight excluding hydrogens is 375 g/mol. The van der Waals surface area contributed by atoms with Crippen molar-refractivity contribution in [2.45, 2.75) is 45.1 Å². The lowest BCUT2D eigenvalue weighted by molar-refractivity contribution is 0.506. The Morgan fingerprint density at radius 2 is 1.81 bits per heavy atom. The Bertz CT molecular complexity index is 923. The molecule has 1 aliphatic heterocycles. The van der Waals surface area contributed by atoms with Crippen LogP contribution in [0.2, 0.25) is 10.0 Å². The topological polar surface area (TPSA) is 8.17 Å². The number of benzene rings is 2. The fourth-order valence-corrected chi connectivity index (χ4v) is 4.53. The maximum atomic E-state index is 6.22. The minimum atomic E-state index is 0.560. The van der Waals surface area contributed by atoms with Gasteiger partial charge in [-0.15, -0.1) is 0 Å². The van der Waals surface area contributed by atoms with Crippen LogP contribution >= 0.6 is 23.2 Å². The molecule has 0 saturated carbocycles. The van der Waals surface area contributed by atoms with Gasteiger partial charge >= 0.3 is 0 Å². The van der Waals surface area contributed by atoms with Gasteiger partial charge < -0.3 is 9.47 Å². The summed E-state index contributed by atoms with van der Waals surface area (Å²) >= 11 is 12.3. The highest BCUT2D eigenvalue weighted by molar-refractivity contribution is 6.42. The Hall–Kier alpha value is -1.64. The van der Waals surface area contributed by atoms with Crippen LogP contribution in [-0.2, 0) is 6.54 Å². The third-order valence-electron chi connectivity index (χ3n) is 5.79. The van der Waals surface area contributed by atoms with Gasteiger partial charge in [0.1, 0.15) is 0 Å². The number of anilines is 1. The molecule has 4 heteroatoms. The van der Waals surface area contributed by atoms with E-state index in [1.54, 1.807) is 0 Å². The first-order valence-corrected chi connectivity index (χ1v) is 10.7. The SMILES string of the molecule is CCCCn1ccc2c(N3CCC(c4ccc(Cl)c(Cl)c4)CC3)cccc21. The van der Waals surface area contributed by atoms with Crippen molar-refractivity contribution in [3.8, 4) is 0 Å². The highest BCUT2D eigenvalue weighted by atomic mass is 35.5. The summed E-state index contributed by atoms with van der Waals surface area (Å²) in [7, 11) is 0. The van der Waals surface area contributed by atoms with Crippen LogP contribution in [0.15, 0.2) is 48.7 Å². The lowest BCUT2D eigenvalue weighted by Gasteiger charge is -2.34. The van der Waals surface area contributed by atoms with E-state index < -0.39 is 0 Å². The molecule has 1 saturated heterocycles. The second kappa shape index (κ2) is 8.16. The van der Waals surface area contributed by atoms with Crippen LogP contribution in [0.3, 0.4) is 0 Å². The van der Waals surface area contributed by atoms with Gasteiger partial charge in [0.25, 0.3) is 0 Å². The highest BCUT2D eigenvalue weighted by Gasteiger charge is 2.22. The molecule has 2 heterocycles. The van der Waals surface area contributed by atoms with E-state index in [-0.39, 0.29) is 0 Å². The van der Waals surface area contributed by atoms with E-state index in [9.17, 15) is 0 Å². The number of aromatic nitrogens is 1. The molecule has 2 aromatic carbocycles. The molecule has 27 heavy (non-hydrogen) atoms. The zero-order valence-corrected chi connectivity index (χ0v) is 17.3. The minimum Gasteiger partial charge on any atom is -0.371 e. The molecule has 0 aliphatic carbocycles. The molecular formula is C23H26Cl2N2. The summed E-state index contributed by atoms with van der Waals surface area (Å²) in [5.41, 5.74) is 4.04. The van der Waals surface area contributed by atoms with Crippen molar-refractivity contribution in [2.75, 3.05) is 18.0 Å². The molecule has 1 fully saturated rings. The van der Waals surface area contributed by atoms with E-state index in [1.807, 2.05) is 12.1 Å². The summed E-state index contributed by atoms with van der Waals surface area (Å²) in [4.78, 5) is 2.54. The van der Waals surface area contributed by atoms with Crippen LogP contribution in [0.5, 0.6) is 0 Å². The molecule has 0 atom stereocenters. The average molecular weight is 401 g/mol. The third kappa shape index (κ3) is 3.83. The second-order valence-corrected chi connectivity index (χ2v) is 8.32. The highest BCUT2D eigenvalue weighted by Crippen LogP contribution is 2.36. The van der Waals surface area contributed by atoms with Crippen molar-refractivity contribution >= 4 is 39.8 Å². The fraction of sp³-hybridized carbons (Fsp3) is 0.391. The molecule has 0 bridgehead atoms. The van der Waals surface area contributed by atoms with E-state index in [4.69, 9.17) is 23.2 Å². The predicted octanol–water partition coefficient (Wildman–Crippen LogP) is 7.13. The Morgan fingerprint density at radius 1 is 1.00 bits per heavy atom. The number of aryl methyl sites for hydroxylation is 1. The number of rotatable bonds is 5. The summed E-state index contributed by atoms with van der Waals surface area (Å²) in [6.45, 7) is 5.49. The zero-order chi connectivity index (χ0) is 18.8. The summed E-state index contributed by atoms with van der Waals surface area (Å²) in [5.74, 6) is 0.560. The van der Waals surface area contributed by atoms with Crippen LogP contribution in [-0.4, -0.2) is 17.7 Å². The van der Waals surface area contributed by atoms with Gasteiger partial charge in [0, 0.05) is 36.9 Å². The van der Waals surface area contributed by atoms with E-state index in [0.29, 0.717) is 16.0 Å². The molecule has 0 unspecified atom stereocenters. The second-order valence-electron chi connectivity index (χ2n) is 7.51. The van der Waals surface area contributed by atoms with Crippen molar-refractivity contribution < 1.29 is 0 Å². The third-order valence-corrected chi connectivity index (χ3v) is 6.53. The van der Waals surface area contributed by atoms with Crippen molar-refractivity contribution in [3.05, 3.63) is 64.3 Å². The number of fused-ring (bicyclic) bond motifs is 1. The molecule has 4 rings (SSSR count). The van der Waals surface area contributed by atoms with E-state index in [0.717, 1.165) is 32.5 Å². The van der Waals surface area contributed by atoms with Gasteiger partial charge in [-0.3, -0.25) is 0 Å². The molecule has 142 valence electrons. The van der Waals surface area contributed by atoms with Gasteiger partial charge in [-0.05, 0) is 61.1 Å². The molecule has 0 amide bonds. The largest absolute Gasteiger partial charge is 0.371 e. The minimum absolute atomic E-state index is 0.560. The van der Waals surface area contributed by atoms with Crippen molar-refractivity contribution in [1.29, 1.82) is 0 Å². The number of nitrogens with zero attached hydrogens (tertiary/aromatic N) is 2. The van der Waals surface area contributed by atoms with Crippen LogP contribution in [0.4, 0.5) is 5.69 Å². The van der Waals surface area contributed by atoms with Crippen molar-refractivity contribution in [2.24, 2.45) is 0 Å². The standard InChI is InChI=1S/C23H26Cl2N2/c1-2-3-12-26-15-11-19-22(26)5-4-6-23(19)27-13-9-17(10-14-27)18-7-8-20(24)21(25)16-18/h4-8,11,15-17H,2-3,9-10,12-14H2,1H3. The van der Waals surface area contributed by atoms with Crippen LogP contribution in [0, 0.1) is 0 Å². The molecule has 1 aliphatic rings. The first kappa shape index (κ1) is 18.7. The first-order chi connectivity index (χ1) is 13.2. The van der Waals surface area contributed by atoms with Gasteiger partial charge in [-0.25, -0.2) is 0 Å². The number of unbranched alkanes of at least 4 members (excludes halogenated alkanes) is 1. The Labute approximate surface area is 171 Å². The van der Waals surface area contributed by atoms with Gasteiger partial charge in [0.2, 0.25) is 0 Å². The maximum absolute atomic E-state index is 6.22. The van der Waals surface area contributed by atoms with E-state index in [1.165, 1.54) is 35.0 Å². The molecule has 0 N–H and O–H groups in total.